The summed E-state index contributed by atoms with van der Waals surface area (Å²) < 4.78 is 34.2. The number of nitrogens with zero attached hydrogens (tertiary/aromatic N) is 3. The maximum absolute atomic E-state index is 14.1. The summed E-state index contributed by atoms with van der Waals surface area (Å²) in [6.07, 6.45) is 0. The zero-order valence-electron chi connectivity index (χ0n) is 13.7. The van der Waals surface area contributed by atoms with Crippen molar-refractivity contribution >= 4 is 23.3 Å². The third-order valence-corrected chi connectivity index (χ3v) is 4.09. The molecule has 1 heterocycles. The lowest BCUT2D eigenvalue weighted by molar-refractivity contribution is 0.0691. The number of carbonyl (C=O) groups is 1. The third-order valence-electron chi connectivity index (χ3n) is 3.74. The maximum atomic E-state index is 14.1. The van der Waals surface area contributed by atoms with Crippen LogP contribution < -0.4 is 4.74 Å². The van der Waals surface area contributed by atoms with Crippen LogP contribution in [0.15, 0.2) is 36.4 Å². The molecule has 0 aliphatic carbocycles. The Morgan fingerprint density at radius 1 is 1.26 bits per heavy atom. The predicted molar refractivity (Wildman–Crippen MR) is 93.7 cm³/mol. The molecule has 0 amide bonds. The van der Waals surface area contributed by atoms with Gasteiger partial charge in [0, 0.05) is 11.6 Å². The van der Waals surface area contributed by atoms with E-state index < -0.39 is 23.3 Å². The molecule has 9 heteroatoms. The van der Waals surface area contributed by atoms with Crippen molar-refractivity contribution in [3.63, 3.8) is 0 Å². The molecule has 1 N–H and O–H groups in total. The standard InChI is InChI=1S/C18H10ClF2N3O3/c1-22-13-5-3-9(7-11(13)20)17-23-15(18(25)26)16(19)24(17)10-4-6-14(27-2)12(21)8-10/h3-8H,2H3,(H,25,26). The average Bonchev–Trinajstić information content (AvgIpc) is 2.99. The molecule has 0 saturated heterocycles. The normalized spacial score (nSPS) is 10.5. The van der Waals surface area contributed by atoms with E-state index in [4.69, 9.17) is 22.9 Å². The minimum Gasteiger partial charge on any atom is -0.494 e. The van der Waals surface area contributed by atoms with E-state index in [0.717, 1.165) is 12.1 Å². The third kappa shape index (κ3) is 3.20. The van der Waals surface area contributed by atoms with E-state index in [-0.39, 0.29) is 33.7 Å². The van der Waals surface area contributed by atoms with Crippen LogP contribution in [0.3, 0.4) is 0 Å². The smallest absolute Gasteiger partial charge is 0.357 e. The molecular weight excluding hydrogens is 380 g/mol. The van der Waals surface area contributed by atoms with Crippen molar-refractivity contribution in [1.82, 2.24) is 9.55 Å². The highest BCUT2D eigenvalue weighted by Gasteiger charge is 2.24. The van der Waals surface area contributed by atoms with Crippen LogP contribution in [0.5, 0.6) is 5.75 Å². The van der Waals surface area contributed by atoms with Crippen LogP contribution in [0.25, 0.3) is 21.9 Å². The first kappa shape index (κ1) is 18.4. The number of benzene rings is 2. The van der Waals surface area contributed by atoms with Gasteiger partial charge in [0.25, 0.3) is 0 Å². The Kier molecular flexibility index (Phi) is 4.79. The SMILES string of the molecule is [C-]#[N+]c1ccc(-c2nc(C(=O)O)c(Cl)n2-c2ccc(OC)c(F)c2)cc1F. The summed E-state index contributed by atoms with van der Waals surface area (Å²) in [5.74, 6) is -2.92. The van der Waals surface area contributed by atoms with Gasteiger partial charge >= 0.3 is 5.97 Å². The zero-order valence-corrected chi connectivity index (χ0v) is 14.5. The Labute approximate surface area is 157 Å². The van der Waals surface area contributed by atoms with Gasteiger partial charge in [-0.15, -0.1) is 0 Å². The van der Waals surface area contributed by atoms with Crippen molar-refractivity contribution in [3.05, 3.63) is 70.3 Å². The van der Waals surface area contributed by atoms with Crippen molar-refractivity contribution in [1.29, 1.82) is 0 Å². The van der Waals surface area contributed by atoms with Gasteiger partial charge in [-0.1, -0.05) is 23.7 Å². The Bertz CT molecular complexity index is 1110. The molecule has 3 rings (SSSR count). The minimum atomic E-state index is -1.40. The Morgan fingerprint density at radius 3 is 2.56 bits per heavy atom. The number of halogens is 3. The topological polar surface area (TPSA) is 68.7 Å². The van der Waals surface area contributed by atoms with Gasteiger partial charge in [-0.05, 0) is 18.2 Å². The first-order valence-corrected chi connectivity index (χ1v) is 7.78. The highest BCUT2D eigenvalue weighted by molar-refractivity contribution is 6.32. The van der Waals surface area contributed by atoms with Crippen LogP contribution in [0, 0.1) is 18.2 Å². The molecule has 0 radical (unpaired) electrons. The molecule has 27 heavy (non-hydrogen) atoms. The molecule has 136 valence electrons. The van der Waals surface area contributed by atoms with E-state index in [2.05, 4.69) is 9.83 Å². The zero-order chi connectivity index (χ0) is 19.7. The lowest BCUT2D eigenvalue weighted by Crippen LogP contribution is -2.00. The second kappa shape index (κ2) is 7.05. The number of carboxylic acids is 1. The number of hydrogen-bond acceptors (Lipinski definition) is 3. The highest BCUT2D eigenvalue weighted by atomic mass is 35.5. The van der Waals surface area contributed by atoms with E-state index in [1.54, 1.807) is 0 Å². The average molecular weight is 390 g/mol. The summed E-state index contributed by atoms with van der Waals surface area (Å²) in [5.41, 5.74) is -0.331. The van der Waals surface area contributed by atoms with Crippen molar-refractivity contribution in [2.45, 2.75) is 0 Å². The summed E-state index contributed by atoms with van der Waals surface area (Å²) in [6, 6.07) is 7.55. The van der Waals surface area contributed by atoms with Crippen LogP contribution >= 0.6 is 11.6 Å². The number of hydrogen-bond donors (Lipinski definition) is 1. The van der Waals surface area contributed by atoms with Crippen molar-refractivity contribution in [3.8, 4) is 22.8 Å². The van der Waals surface area contributed by atoms with Crippen LogP contribution in [-0.4, -0.2) is 27.7 Å². The second-order valence-electron chi connectivity index (χ2n) is 5.31. The molecule has 0 aliphatic rings. The predicted octanol–water partition coefficient (Wildman–Crippen LogP) is 4.73. The fourth-order valence-corrected chi connectivity index (χ4v) is 2.80. The second-order valence-corrected chi connectivity index (χ2v) is 5.67. The molecule has 0 atom stereocenters. The number of carboxylic acid groups (broad SMARTS) is 1. The molecular formula is C18H10ClF2N3O3. The Balaban J connectivity index is 2.27. The lowest BCUT2D eigenvalue weighted by Gasteiger charge is -2.11. The van der Waals surface area contributed by atoms with E-state index in [1.165, 1.54) is 35.9 Å². The molecule has 0 spiro atoms. The number of aromatic carboxylic acids is 1. The van der Waals surface area contributed by atoms with Gasteiger partial charge in [0.15, 0.2) is 17.3 Å². The van der Waals surface area contributed by atoms with Gasteiger partial charge in [0.2, 0.25) is 5.69 Å². The van der Waals surface area contributed by atoms with Gasteiger partial charge in [-0.25, -0.2) is 23.4 Å². The van der Waals surface area contributed by atoms with Gasteiger partial charge in [-0.3, -0.25) is 4.57 Å². The Morgan fingerprint density at radius 2 is 2.00 bits per heavy atom. The summed E-state index contributed by atoms with van der Waals surface area (Å²) in [6.45, 7) is 6.90. The lowest BCUT2D eigenvalue weighted by atomic mass is 10.1. The monoisotopic (exact) mass is 389 g/mol. The number of aromatic nitrogens is 2. The van der Waals surface area contributed by atoms with Crippen molar-refractivity contribution in [2.24, 2.45) is 0 Å². The number of ether oxygens (including phenoxy) is 1. The summed E-state index contributed by atoms with van der Waals surface area (Å²) in [5, 5.41) is 9.02. The van der Waals surface area contributed by atoms with E-state index in [9.17, 15) is 18.7 Å². The van der Waals surface area contributed by atoms with Crippen molar-refractivity contribution in [2.75, 3.05) is 7.11 Å². The number of methoxy groups -OCH3 is 1. The molecule has 0 fully saturated rings. The molecule has 2 aromatic carbocycles. The minimum absolute atomic E-state index is 0.0116. The number of imidazole rings is 1. The van der Waals surface area contributed by atoms with Crippen LogP contribution in [-0.2, 0) is 0 Å². The molecule has 0 saturated carbocycles. The maximum Gasteiger partial charge on any atom is 0.357 e. The molecule has 0 bridgehead atoms. The molecule has 3 aromatic rings. The van der Waals surface area contributed by atoms with Crippen LogP contribution in [0.1, 0.15) is 10.5 Å². The molecule has 6 nitrogen and oxygen atoms in total. The first-order chi connectivity index (χ1) is 12.9. The van der Waals surface area contributed by atoms with Crippen molar-refractivity contribution < 1.29 is 23.4 Å². The molecule has 0 aliphatic heterocycles. The van der Waals surface area contributed by atoms with E-state index >= 15 is 0 Å². The summed E-state index contributed by atoms with van der Waals surface area (Å²) in [4.78, 5) is 18.4. The molecule has 1 aromatic heterocycles. The first-order valence-electron chi connectivity index (χ1n) is 7.40. The highest BCUT2D eigenvalue weighted by Crippen LogP contribution is 2.33. The fourth-order valence-electron chi connectivity index (χ4n) is 2.50. The summed E-state index contributed by atoms with van der Waals surface area (Å²) >= 11 is 6.16. The van der Waals surface area contributed by atoms with Crippen LogP contribution in [0.4, 0.5) is 14.5 Å². The van der Waals surface area contributed by atoms with Gasteiger partial charge in [0.1, 0.15) is 16.8 Å². The fraction of sp³-hybridized carbons (Fsp3) is 0.0556. The van der Waals surface area contributed by atoms with E-state index in [0.29, 0.717) is 0 Å². The van der Waals surface area contributed by atoms with Gasteiger partial charge in [0.05, 0.1) is 19.4 Å². The molecule has 0 unspecified atom stereocenters. The Hall–Kier alpha value is -3.44. The largest absolute Gasteiger partial charge is 0.494 e. The van der Waals surface area contributed by atoms with Crippen LogP contribution in [0.2, 0.25) is 5.15 Å². The number of rotatable bonds is 4. The quantitative estimate of drug-likeness (QED) is 0.655. The summed E-state index contributed by atoms with van der Waals surface area (Å²) in [7, 11) is 1.30. The van der Waals surface area contributed by atoms with Gasteiger partial charge in [-0.2, -0.15) is 0 Å². The van der Waals surface area contributed by atoms with Gasteiger partial charge < -0.3 is 9.84 Å². The van der Waals surface area contributed by atoms with E-state index in [1.807, 2.05) is 0 Å².